The van der Waals surface area contributed by atoms with Crippen molar-refractivity contribution >= 4 is 17.4 Å². The van der Waals surface area contributed by atoms with E-state index in [1.807, 2.05) is 6.07 Å². The molecular weight excluding hydrogens is 366 g/mol. The van der Waals surface area contributed by atoms with Crippen molar-refractivity contribution in [2.45, 2.75) is 44.6 Å². The van der Waals surface area contributed by atoms with E-state index >= 15 is 0 Å². The molecule has 0 atom stereocenters. The number of halogens is 2. The van der Waals surface area contributed by atoms with Crippen molar-refractivity contribution in [3.8, 4) is 0 Å². The van der Waals surface area contributed by atoms with Gasteiger partial charge in [0, 0.05) is 63.5 Å². The fourth-order valence-electron chi connectivity index (χ4n) is 3.88. The summed E-state index contributed by atoms with van der Waals surface area (Å²) in [7, 11) is 0. The lowest BCUT2D eigenvalue weighted by Crippen LogP contribution is -2.46. The largest absolute Gasteiger partial charge is 0.353 e. The summed E-state index contributed by atoms with van der Waals surface area (Å²) in [6, 6.07) is 1.71. The molecular formula is C19H26F2N6O. The number of likely N-dealkylation sites (N-methyl/N-ethyl adjacent to an activating group) is 1. The molecule has 2 aromatic rings. The van der Waals surface area contributed by atoms with Gasteiger partial charge in [-0.25, -0.2) is 18.3 Å². The van der Waals surface area contributed by atoms with Gasteiger partial charge in [-0.2, -0.15) is 0 Å². The Bertz CT molecular complexity index is 836. The summed E-state index contributed by atoms with van der Waals surface area (Å²) in [5.74, 6) is -2.04. The van der Waals surface area contributed by atoms with Gasteiger partial charge in [0.25, 0.3) is 5.91 Å². The molecule has 1 amide bonds. The average Bonchev–Trinajstić information content (AvgIpc) is 3.13. The molecule has 4 rings (SSSR count). The molecule has 0 aromatic carbocycles. The van der Waals surface area contributed by atoms with Crippen molar-refractivity contribution in [1.82, 2.24) is 24.8 Å². The second kappa shape index (κ2) is 7.62. The Labute approximate surface area is 162 Å². The van der Waals surface area contributed by atoms with Gasteiger partial charge in [-0.15, -0.1) is 5.10 Å². The third kappa shape index (κ3) is 4.09. The molecule has 3 heterocycles. The van der Waals surface area contributed by atoms with Gasteiger partial charge in [-0.05, 0) is 19.4 Å². The predicted octanol–water partition coefficient (Wildman–Crippen LogP) is 2.18. The molecule has 2 aromatic heterocycles. The lowest BCUT2D eigenvalue weighted by molar-refractivity contribution is -0.0399. The molecule has 1 saturated heterocycles. The number of nitrogens with zero attached hydrogens (tertiary/aromatic N) is 5. The van der Waals surface area contributed by atoms with Crippen LogP contribution in [0.2, 0.25) is 0 Å². The lowest BCUT2D eigenvalue weighted by Gasteiger charge is -2.33. The fourth-order valence-corrected chi connectivity index (χ4v) is 3.88. The summed E-state index contributed by atoms with van der Waals surface area (Å²) in [5, 5.41) is 7.43. The highest BCUT2D eigenvalue weighted by atomic mass is 19.3. The first-order valence-electron chi connectivity index (χ1n) is 9.95. The van der Waals surface area contributed by atoms with E-state index in [2.05, 4.69) is 32.1 Å². The number of fused-ring (bicyclic) bond motifs is 1. The minimum atomic E-state index is -2.60. The first-order chi connectivity index (χ1) is 13.4. The zero-order valence-corrected chi connectivity index (χ0v) is 16.1. The van der Waals surface area contributed by atoms with Crippen LogP contribution in [0, 0.1) is 0 Å². The summed E-state index contributed by atoms with van der Waals surface area (Å²) in [6.45, 7) is 7.06. The summed E-state index contributed by atoms with van der Waals surface area (Å²) < 4.78 is 28.2. The van der Waals surface area contributed by atoms with Gasteiger partial charge >= 0.3 is 0 Å². The minimum Gasteiger partial charge on any atom is -0.353 e. The van der Waals surface area contributed by atoms with E-state index in [0.717, 1.165) is 38.5 Å². The fraction of sp³-hybridized carbons (Fsp3) is 0.632. The van der Waals surface area contributed by atoms with Crippen LogP contribution >= 0.6 is 0 Å². The molecule has 0 spiro atoms. The number of carbonyl (C=O) groups excluding carboxylic acids is 1. The standard InChI is InChI=1S/C19H26F2N6O/c1-2-25-7-9-26(10-8-25)17-11-16-22-12-14(13-27(16)24-17)18(28)23-15-3-5-19(20,21)6-4-15/h11-13,15H,2-10H2,1H3,(H,23,28). The van der Waals surface area contributed by atoms with Crippen LogP contribution < -0.4 is 10.2 Å². The smallest absolute Gasteiger partial charge is 0.254 e. The van der Waals surface area contributed by atoms with E-state index in [4.69, 9.17) is 0 Å². The average molecular weight is 392 g/mol. The third-order valence-electron chi connectivity index (χ3n) is 5.76. The number of rotatable bonds is 4. The number of carbonyl (C=O) groups is 1. The monoisotopic (exact) mass is 392 g/mol. The van der Waals surface area contributed by atoms with Gasteiger partial charge in [0.1, 0.15) is 0 Å². The van der Waals surface area contributed by atoms with Crippen molar-refractivity contribution < 1.29 is 13.6 Å². The van der Waals surface area contributed by atoms with Gasteiger partial charge in [0.2, 0.25) is 5.92 Å². The van der Waals surface area contributed by atoms with Crippen LogP contribution in [-0.4, -0.2) is 70.1 Å². The first kappa shape index (κ1) is 19.0. The summed E-state index contributed by atoms with van der Waals surface area (Å²) in [5.41, 5.74) is 1.07. The quantitative estimate of drug-likeness (QED) is 0.864. The van der Waals surface area contributed by atoms with Crippen LogP contribution in [0.4, 0.5) is 14.6 Å². The highest BCUT2D eigenvalue weighted by Crippen LogP contribution is 2.33. The van der Waals surface area contributed by atoms with Crippen LogP contribution in [-0.2, 0) is 0 Å². The zero-order valence-electron chi connectivity index (χ0n) is 16.1. The van der Waals surface area contributed by atoms with Crippen molar-refractivity contribution in [2.75, 3.05) is 37.6 Å². The van der Waals surface area contributed by atoms with Crippen LogP contribution in [0.3, 0.4) is 0 Å². The normalized spacial score (nSPS) is 21.2. The molecule has 0 unspecified atom stereocenters. The third-order valence-corrected chi connectivity index (χ3v) is 5.76. The van der Waals surface area contributed by atoms with Crippen molar-refractivity contribution in [2.24, 2.45) is 0 Å². The molecule has 0 radical (unpaired) electrons. The number of alkyl halides is 2. The van der Waals surface area contributed by atoms with E-state index in [1.165, 1.54) is 6.20 Å². The lowest BCUT2D eigenvalue weighted by atomic mass is 9.92. The second-order valence-corrected chi connectivity index (χ2v) is 7.67. The molecule has 1 aliphatic heterocycles. The van der Waals surface area contributed by atoms with Crippen LogP contribution in [0.1, 0.15) is 43.0 Å². The molecule has 1 saturated carbocycles. The number of anilines is 1. The Morgan fingerprint density at radius 2 is 1.96 bits per heavy atom. The topological polar surface area (TPSA) is 65.8 Å². The Morgan fingerprint density at radius 1 is 1.25 bits per heavy atom. The van der Waals surface area contributed by atoms with Crippen molar-refractivity contribution in [1.29, 1.82) is 0 Å². The number of piperazine rings is 1. The SMILES string of the molecule is CCN1CCN(c2cc3ncc(C(=O)NC4CCC(F)(F)CC4)cn3n2)CC1. The highest BCUT2D eigenvalue weighted by molar-refractivity contribution is 5.94. The van der Waals surface area contributed by atoms with Crippen molar-refractivity contribution in [3.05, 3.63) is 24.0 Å². The first-order valence-corrected chi connectivity index (χ1v) is 9.95. The number of hydrogen-bond acceptors (Lipinski definition) is 5. The molecule has 1 aliphatic carbocycles. The van der Waals surface area contributed by atoms with E-state index in [0.29, 0.717) is 24.1 Å². The predicted molar refractivity (Wildman–Crippen MR) is 102 cm³/mol. The van der Waals surface area contributed by atoms with E-state index < -0.39 is 5.92 Å². The van der Waals surface area contributed by atoms with Crippen molar-refractivity contribution in [3.63, 3.8) is 0 Å². The minimum absolute atomic E-state index is 0.178. The van der Waals surface area contributed by atoms with Gasteiger partial charge in [-0.3, -0.25) is 4.79 Å². The number of aromatic nitrogens is 3. The number of hydrogen-bond donors (Lipinski definition) is 1. The molecule has 2 fully saturated rings. The number of nitrogens with one attached hydrogen (secondary N) is 1. The second-order valence-electron chi connectivity index (χ2n) is 7.67. The Balaban J connectivity index is 1.42. The summed E-state index contributed by atoms with van der Waals surface area (Å²) in [4.78, 5) is 21.5. The molecule has 1 N–H and O–H groups in total. The maximum Gasteiger partial charge on any atom is 0.254 e. The zero-order chi connectivity index (χ0) is 19.7. The Kier molecular flexibility index (Phi) is 5.18. The van der Waals surface area contributed by atoms with E-state index in [1.54, 1.807) is 10.7 Å². The molecule has 9 heteroatoms. The van der Waals surface area contributed by atoms with Gasteiger partial charge in [0.05, 0.1) is 5.56 Å². The maximum absolute atomic E-state index is 13.3. The summed E-state index contributed by atoms with van der Waals surface area (Å²) in [6.07, 6.45) is 3.41. The van der Waals surface area contributed by atoms with E-state index in [-0.39, 0.29) is 24.8 Å². The van der Waals surface area contributed by atoms with Crippen LogP contribution in [0.5, 0.6) is 0 Å². The summed E-state index contributed by atoms with van der Waals surface area (Å²) >= 11 is 0. The van der Waals surface area contributed by atoms with E-state index in [9.17, 15) is 13.6 Å². The molecule has 7 nitrogen and oxygen atoms in total. The van der Waals surface area contributed by atoms with Gasteiger partial charge in [-0.1, -0.05) is 6.92 Å². The maximum atomic E-state index is 13.3. The molecule has 28 heavy (non-hydrogen) atoms. The van der Waals surface area contributed by atoms with Gasteiger partial charge in [0.15, 0.2) is 11.5 Å². The molecule has 0 bridgehead atoms. The Morgan fingerprint density at radius 3 is 2.64 bits per heavy atom. The van der Waals surface area contributed by atoms with Gasteiger partial charge < -0.3 is 15.1 Å². The highest BCUT2D eigenvalue weighted by Gasteiger charge is 2.35. The molecule has 2 aliphatic rings. The molecule has 152 valence electrons. The van der Waals surface area contributed by atoms with Crippen LogP contribution in [0.25, 0.3) is 5.65 Å². The number of amides is 1. The van der Waals surface area contributed by atoms with Crippen LogP contribution in [0.15, 0.2) is 18.5 Å². The Hall–Kier alpha value is -2.29.